The second-order valence-corrected chi connectivity index (χ2v) is 16.2. The van der Waals surface area contributed by atoms with E-state index in [0.717, 1.165) is 38.5 Å². The number of aliphatic hydroxyl groups is 2. The molecule has 0 aromatic heterocycles. The number of esters is 2. The van der Waals surface area contributed by atoms with Crippen molar-refractivity contribution in [1.82, 2.24) is 15.5 Å². The van der Waals surface area contributed by atoms with Gasteiger partial charge in [-0.15, -0.1) is 0 Å². The van der Waals surface area contributed by atoms with E-state index < -0.39 is 78.2 Å². The maximum atomic E-state index is 14.0. The average molecular weight is 800 g/mol. The van der Waals surface area contributed by atoms with Crippen LogP contribution >= 0.6 is 0 Å². The molecule has 0 spiro atoms. The van der Waals surface area contributed by atoms with Crippen molar-refractivity contribution in [3.63, 3.8) is 0 Å². The number of hydrogen-bond donors (Lipinski definition) is 4. The Morgan fingerprint density at radius 1 is 1.02 bits per heavy atom. The third-order valence-electron chi connectivity index (χ3n) is 9.77. The summed E-state index contributed by atoms with van der Waals surface area (Å²) in [6.45, 7) is 10.3. The van der Waals surface area contributed by atoms with Gasteiger partial charge in [0.1, 0.15) is 30.0 Å². The van der Waals surface area contributed by atoms with E-state index in [9.17, 15) is 34.2 Å². The molecule has 1 aliphatic heterocycles. The maximum Gasteiger partial charge on any atom is 0.338 e. The summed E-state index contributed by atoms with van der Waals surface area (Å²) in [5.74, 6) is -3.75. The van der Waals surface area contributed by atoms with Crippen LogP contribution in [0.15, 0.2) is 42.0 Å². The van der Waals surface area contributed by atoms with Gasteiger partial charge in [0.05, 0.1) is 24.3 Å². The zero-order valence-corrected chi connectivity index (χ0v) is 35.0. The minimum Gasteiger partial charge on any atom is -0.460 e. The molecule has 1 heterocycles. The van der Waals surface area contributed by atoms with E-state index in [1.54, 1.807) is 71.3 Å². The van der Waals surface area contributed by atoms with E-state index in [-0.39, 0.29) is 36.3 Å². The van der Waals surface area contributed by atoms with Crippen LogP contribution in [0.3, 0.4) is 0 Å². The van der Waals surface area contributed by atoms with Gasteiger partial charge in [-0.1, -0.05) is 51.7 Å². The first-order valence-corrected chi connectivity index (χ1v) is 20.3. The summed E-state index contributed by atoms with van der Waals surface area (Å²) in [7, 11) is 3.28. The molecule has 318 valence electrons. The van der Waals surface area contributed by atoms with Crippen molar-refractivity contribution in [2.45, 2.75) is 160 Å². The maximum absolute atomic E-state index is 14.0. The first-order chi connectivity index (χ1) is 26.9. The van der Waals surface area contributed by atoms with Crippen molar-refractivity contribution in [3.8, 4) is 0 Å². The molecule has 1 aliphatic carbocycles. The molecule has 3 rings (SSSR count). The molecule has 1 saturated heterocycles. The lowest BCUT2D eigenvalue weighted by Gasteiger charge is -2.32. The molecule has 6 atom stereocenters. The summed E-state index contributed by atoms with van der Waals surface area (Å²) in [6, 6.07) is 4.37. The highest BCUT2D eigenvalue weighted by Crippen LogP contribution is 2.43. The van der Waals surface area contributed by atoms with Crippen LogP contribution < -0.4 is 10.6 Å². The van der Waals surface area contributed by atoms with Crippen molar-refractivity contribution in [1.29, 1.82) is 0 Å². The molecule has 6 unspecified atom stereocenters. The molecule has 1 fully saturated rings. The van der Waals surface area contributed by atoms with Gasteiger partial charge in [-0.05, 0) is 76.8 Å². The number of carbonyl (C=O) groups excluding carboxylic acids is 5. The third-order valence-corrected chi connectivity index (χ3v) is 9.77. The van der Waals surface area contributed by atoms with Gasteiger partial charge in [-0.3, -0.25) is 19.2 Å². The van der Waals surface area contributed by atoms with Crippen molar-refractivity contribution in [2.75, 3.05) is 20.7 Å². The summed E-state index contributed by atoms with van der Waals surface area (Å²) in [6.07, 6.45) is 7.75. The molecule has 14 heteroatoms. The number of benzene rings is 1. The van der Waals surface area contributed by atoms with Crippen molar-refractivity contribution < 1.29 is 53.1 Å². The molecule has 0 radical (unpaired) electrons. The number of fused-ring (bicyclic) bond motifs is 1. The van der Waals surface area contributed by atoms with Crippen LogP contribution in [0.5, 0.6) is 0 Å². The average Bonchev–Trinajstić information content (AvgIpc) is 3.52. The first kappa shape index (κ1) is 47.3. The fourth-order valence-electron chi connectivity index (χ4n) is 6.72. The monoisotopic (exact) mass is 799 g/mol. The van der Waals surface area contributed by atoms with Gasteiger partial charge in [-0.2, -0.15) is 0 Å². The topological polar surface area (TPSA) is 190 Å². The van der Waals surface area contributed by atoms with Gasteiger partial charge in [0, 0.05) is 51.4 Å². The highest BCUT2D eigenvalue weighted by molar-refractivity contribution is 5.98. The first-order valence-electron chi connectivity index (χ1n) is 20.3. The predicted molar refractivity (Wildman–Crippen MR) is 215 cm³/mol. The Morgan fingerprint density at radius 3 is 2.26 bits per heavy atom. The van der Waals surface area contributed by atoms with Gasteiger partial charge in [-0.25, -0.2) is 4.79 Å². The van der Waals surface area contributed by atoms with Gasteiger partial charge in [0.25, 0.3) is 0 Å². The van der Waals surface area contributed by atoms with E-state index in [2.05, 4.69) is 24.5 Å². The van der Waals surface area contributed by atoms with Gasteiger partial charge in [0.2, 0.25) is 17.7 Å². The molecule has 57 heavy (non-hydrogen) atoms. The Balaban J connectivity index is 1.87. The standard InChI is InChI=1S/C43H65N3O11/c1-9-11-13-22-43(23-14-12-10-2)55-34-26-31(39(51)45-37(28(3)48)40(52)44-32(27-47)19-21-36(50)56-42(4,5)6)25-33(38(34)57-43)54-41(53)30-17-15-16-29(24-30)18-20-35(49)46(7)8/h15-18,20,24,26,28,32-34,37-38,47-48H,9-14,19,21-23,25,27H2,1-8H3,(H,44,52)(H,45,51). The molecule has 3 amide bonds. The summed E-state index contributed by atoms with van der Waals surface area (Å²) < 4.78 is 24.8. The highest BCUT2D eigenvalue weighted by Gasteiger charge is 2.52. The normalized spacial score (nSPS) is 20.5. The Morgan fingerprint density at radius 2 is 1.68 bits per heavy atom. The number of unbranched alkanes of at least 4 members (excludes halogenated alkanes) is 4. The number of likely N-dealkylation sites (N-methyl/N-ethyl adjacent to an activating group) is 1. The molecule has 0 bridgehead atoms. The van der Waals surface area contributed by atoms with E-state index in [1.165, 1.54) is 17.9 Å². The largest absolute Gasteiger partial charge is 0.460 e. The van der Waals surface area contributed by atoms with Crippen LogP contribution in [-0.4, -0.2) is 113 Å². The van der Waals surface area contributed by atoms with Gasteiger partial charge in [0.15, 0.2) is 5.79 Å². The Labute approximate surface area is 337 Å². The number of carbonyl (C=O) groups is 5. The summed E-state index contributed by atoms with van der Waals surface area (Å²) in [5.41, 5.74) is 0.332. The van der Waals surface area contributed by atoms with Crippen LogP contribution in [-0.2, 0) is 38.1 Å². The number of nitrogens with zero attached hydrogens (tertiary/aromatic N) is 1. The molecule has 2 aliphatic rings. The minimum atomic E-state index is -1.43. The summed E-state index contributed by atoms with van der Waals surface area (Å²) >= 11 is 0. The van der Waals surface area contributed by atoms with Gasteiger partial charge < -0.3 is 44.7 Å². The molecule has 1 aromatic rings. The Bertz CT molecular complexity index is 1570. The van der Waals surface area contributed by atoms with E-state index >= 15 is 0 Å². The second-order valence-electron chi connectivity index (χ2n) is 16.2. The fraction of sp³-hybridized carbons (Fsp3) is 0.651. The molecule has 1 aromatic carbocycles. The van der Waals surface area contributed by atoms with Crippen LogP contribution in [0.2, 0.25) is 0 Å². The summed E-state index contributed by atoms with van der Waals surface area (Å²) in [4.78, 5) is 66.9. The van der Waals surface area contributed by atoms with Crippen LogP contribution in [0.4, 0.5) is 0 Å². The van der Waals surface area contributed by atoms with Crippen LogP contribution in [0.1, 0.15) is 128 Å². The third kappa shape index (κ3) is 15.0. The summed E-state index contributed by atoms with van der Waals surface area (Å²) in [5, 5.41) is 25.8. The van der Waals surface area contributed by atoms with Crippen LogP contribution in [0, 0.1) is 0 Å². The molecule has 0 saturated carbocycles. The molecule has 4 N–H and O–H groups in total. The zero-order chi connectivity index (χ0) is 42.3. The Kier molecular flexibility index (Phi) is 18.4. The number of rotatable bonds is 21. The van der Waals surface area contributed by atoms with E-state index in [0.29, 0.717) is 18.4 Å². The van der Waals surface area contributed by atoms with E-state index in [4.69, 9.17) is 18.9 Å². The Hall–Kier alpha value is -4.11. The minimum absolute atomic E-state index is 0.0671. The lowest BCUT2D eigenvalue weighted by atomic mass is 9.91. The van der Waals surface area contributed by atoms with Gasteiger partial charge >= 0.3 is 11.9 Å². The van der Waals surface area contributed by atoms with Crippen molar-refractivity contribution in [3.05, 3.63) is 53.1 Å². The number of ether oxygens (including phenoxy) is 4. The quantitative estimate of drug-likeness (QED) is 0.0763. The lowest BCUT2D eigenvalue weighted by molar-refractivity contribution is -0.190. The van der Waals surface area contributed by atoms with E-state index in [1.807, 2.05) is 0 Å². The van der Waals surface area contributed by atoms with Crippen molar-refractivity contribution in [2.24, 2.45) is 0 Å². The second kappa shape index (κ2) is 22.2. The molecular formula is C43H65N3O11. The lowest BCUT2D eigenvalue weighted by Crippen LogP contribution is -2.55. The SMILES string of the molecule is CCCCCC1(CCCCC)OC2C=C(C(=O)NC(C(=O)NC(CO)CCC(=O)OC(C)(C)C)C(C)O)CC(OC(=O)c3cccc(C=CC(=O)N(C)C)c3)C2O1. The number of amides is 3. The molecular weight excluding hydrogens is 734 g/mol. The number of aliphatic hydroxyl groups excluding tert-OH is 2. The predicted octanol–water partition coefficient (Wildman–Crippen LogP) is 4.75. The van der Waals surface area contributed by atoms with Crippen LogP contribution in [0.25, 0.3) is 6.08 Å². The van der Waals surface area contributed by atoms with Crippen molar-refractivity contribution >= 4 is 35.7 Å². The fourth-order valence-corrected chi connectivity index (χ4v) is 6.72. The zero-order valence-electron chi connectivity index (χ0n) is 35.0. The number of nitrogens with one attached hydrogen (secondary N) is 2. The highest BCUT2D eigenvalue weighted by atomic mass is 16.8. The molecule has 14 nitrogen and oxygen atoms in total. The number of hydrogen-bond acceptors (Lipinski definition) is 11. The smallest absolute Gasteiger partial charge is 0.338 e.